The molecule has 1 rings (SSSR count). The minimum absolute atomic E-state index is 0. The van der Waals surface area contributed by atoms with Crippen molar-refractivity contribution in [3.63, 3.8) is 0 Å². The lowest BCUT2D eigenvalue weighted by Gasteiger charge is -2.11. The molecule has 0 saturated heterocycles. The topological polar surface area (TPSA) is 26.0 Å². The molecule has 74 valence electrons. The van der Waals surface area contributed by atoms with Crippen molar-refractivity contribution in [2.75, 3.05) is 6.67 Å². The van der Waals surface area contributed by atoms with Crippen LogP contribution in [0.1, 0.15) is 18.0 Å². The van der Waals surface area contributed by atoms with Crippen LogP contribution in [0.2, 0.25) is 0 Å². The van der Waals surface area contributed by atoms with Crippen molar-refractivity contribution in [3.8, 4) is 0 Å². The minimum atomic E-state index is -0.355. The quantitative estimate of drug-likeness (QED) is 0.852. The largest absolute Gasteiger partial charge is 0.324 e. The number of nitrogens with two attached hydrogens (primary N) is 1. The summed E-state index contributed by atoms with van der Waals surface area (Å²) >= 11 is 2.21. The monoisotopic (exact) mass is 315 g/mol. The summed E-state index contributed by atoms with van der Waals surface area (Å²) in [6, 6.07) is 7.64. The van der Waals surface area contributed by atoms with Crippen LogP contribution in [0.15, 0.2) is 24.3 Å². The highest BCUT2D eigenvalue weighted by atomic mass is 127. The van der Waals surface area contributed by atoms with Crippen molar-refractivity contribution in [1.29, 1.82) is 0 Å². The van der Waals surface area contributed by atoms with Gasteiger partial charge in [-0.15, -0.1) is 12.4 Å². The Hall–Kier alpha value is 0.130. The van der Waals surface area contributed by atoms with Crippen LogP contribution in [0.5, 0.6) is 0 Å². The SMILES string of the molecule is Cl.N[C@H](CCF)c1ccccc1I. The molecule has 0 amide bonds. The van der Waals surface area contributed by atoms with Crippen LogP contribution in [-0.4, -0.2) is 6.67 Å². The van der Waals surface area contributed by atoms with E-state index < -0.39 is 0 Å². The fourth-order valence-electron chi connectivity index (χ4n) is 1.05. The van der Waals surface area contributed by atoms with E-state index in [9.17, 15) is 4.39 Å². The third kappa shape index (κ3) is 3.79. The third-order valence-electron chi connectivity index (χ3n) is 1.72. The van der Waals surface area contributed by atoms with Gasteiger partial charge in [0.1, 0.15) is 0 Å². The first-order chi connectivity index (χ1) is 5.75. The number of benzene rings is 1. The molecule has 1 aromatic rings. The van der Waals surface area contributed by atoms with Crippen molar-refractivity contribution in [2.24, 2.45) is 5.73 Å². The lowest BCUT2D eigenvalue weighted by atomic mass is 10.1. The molecule has 0 saturated carbocycles. The van der Waals surface area contributed by atoms with Gasteiger partial charge >= 0.3 is 0 Å². The maximum absolute atomic E-state index is 12.0. The first kappa shape index (κ1) is 13.1. The van der Waals surface area contributed by atoms with Gasteiger partial charge in [0.2, 0.25) is 0 Å². The zero-order valence-electron chi connectivity index (χ0n) is 7.04. The Kier molecular flexibility index (Phi) is 6.63. The van der Waals surface area contributed by atoms with Gasteiger partial charge in [-0.3, -0.25) is 4.39 Å². The zero-order chi connectivity index (χ0) is 8.97. The molecular weight excluding hydrogens is 303 g/mol. The fourth-order valence-corrected chi connectivity index (χ4v) is 1.84. The molecule has 0 bridgehead atoms. The molecule has 0 spiro atoms. The number of hydrogen-bond acceptors (Lipinski definition) is 1. The molecule has 1 atom stereocenters. The summed E-state index contributed by atoms with van der Waals surface area (Å²) in [6.07, 6.45) is 0.403. The highest BCUT2D eigenvalue weighted by molar-refractivity contribution is 14.1. The molecule has 0 aromatic heterocycles. The van der Waals surface area contributed by atoms with E-state index in [0.29, 0.717) is 6.42 Å². The summed E-state index contributed by atoms with van der Waals surface area (Å²) in [5, 5.41) is 0. The van der Waals surface area contributed by atoms with Crippen molar-refractivity contribution in [3.05, 3.63) is 33.4 Å². The van der Waals surface area contributed by atoms with Gasteiger partial charge in [0, 0.05) is 9.61 Å². The van der Waals surface area contributed by atoms with E-state index in [1.807, 2.05) is 24.3 Å². The molecule has 13 heavy (non-hydrogen) atoms. The van der Waals surface area contributed by atoms with Crippen LogP contribution in [0.3, 0.4) is 0 Å². The summed E-state index contributed by atoms with van der Waals surface area (Å²) in [5.74, 6) is 0. The molecule has 0 aliphatic heterocycles. The van der Waals surface area contributed by atoms with Crippen LogP contribution < -0.4 is 5.73 Å². The third-order valence-corrected chi connectivity index (χ3v) is 2.71. The Morgan fingerprint density at radius 3 is 2.54 bits per heavy atom. The molecule has 0 heterocycles. The van der Waals surface area contributed by atoms with E-state index in [1.165, 1.54) is 0 Å². The van der Waals surface area contributed by atoms with Gasteiger partial charge in [0.05, 0.1) is 6.67 Å². The standard InChI is InChI=1S/C9H11FIN.ClH/c10-6-5-9(12)7-3-1-2-4-8(7)11;/h1-4,9H,5-6,12H2;1H/t9-;/m1./s1. The Morgan fingerprint density at radius 2 is 2.00 bits per heavy atom. The van der Waals surface area contributed by atoms with Crippen LogP contribution in [-0.2, 0) is 0 Å². The minimum Gasteiger partial charge on any atom is -0.324 e. The normalized spacial score (nSPS) is 11.9. The van der Waals surface area contributed by atoms with Gasteiger partial charge in [-0.1, -0.05) is 18.2 Å². The average Bonchev–Trinajstić information content (AvgIpc) is 2.05. The number of rotatable bonds is 3. The first-order valence-corrected chi connectivity index (χ1v) is 4.89. The van der Waals surface area contributed by atoms with E-state index in [2.05, 4.69) is 22.6 Å². The second kappa shape index (κ2) is 6.56. The van der Waals surface area contributed by atoms with Gasteiger partial charge in [-0.05, 0) is 40.6 Å². The Bertz CT molecular complexity index is 257. The summed E-state index contributed by atoms with van der Waals surface area (Å²) in [5.41, 5.74) is 6.80. The Morgan fingerprint density at radius 1 is 1.38 bits per heavy atom. The molecule has 2 N–H and O–H groups in total. The smallest absolute Gasteiger partial charge is 0.0912 e. The molecule has 1 aromatic carbocycles. The second-order valence-electron chi connectivity index (χ2n) is 2.61. The maximum Gasteiger partial charge on any atom is 0.0912 e. The van der Waals surface area contributed by atoms with E-state index in [4.69, 9.17) is 5.73 Å². The Balaban J connectivity index is 0.00000144. The predicted molar refractivity (Wildman–Crippen MR) is 63.9 cm³/mol. The van der Waals surface area contributed by atoms with Crippen molar-refractivity contribution in [2.45, 2.75) is 12.5 Å². The van der Waals surface area contributed by atoms with Crippen LogP contribution >= 0.6 is 35.0 Å². The highest BCUT2D eigenvalue weighted by Gasteiger charge is 2.07. The van der Waals surface area contributed by atoms with Crippen LogP contribution in [0.25, 0.3) is 0 Å². The molecule has 0 unspecified atom stereocenters. The molecule has 1 nitrogen and oxygen atoms in total. The van der Waals surface area contributed by atoms with Crippen molar-refractivity contribution < 1.29 is 4.39 Å². The second-order valence-corrected chi connectivity index (χ2v) is 3.77. The molecule has 0 aliphatic rings. The lowest BCUT2D eigenvalue weighted by molar-refractivity contribution is 0.441. The van der Waals surface area contributed by atoms with E-state index in [-0.39, 0.29) is 25.1 Å². The molecular formula is C9H12ClFIN. The number of halogens is 3. The van der Waals surface area contributed by atoms with Gasteiger partial charge in [-0.25, -0.2) is 0 Å². The predicted octanol–water partition coefficient (Wildman–Crippen LogP) is 3.07. The fraction of sp³-hybridized carbons (Fsp3) is 0.333. The van der Waals surface area contributed by atoms with Crippen molar-refractivity contribution in [1.82, 2.24) is 0 Å². The molecule has 0 fully saturated rings. The molecule has 0 radical (unpaired) electrons. The van der Waals surface area contributed by atoms with E-state index in [0.717, 1.165) is 9.13 Å². The van der Waals surface area contributed by atoms with Crippen molar-refractivity contribution >= 4 is 35.0 Å². The lowest BCUT2D eigenvalue weighted by Crippen LogP contribution is -2.12. The highest BCUT2D eigenvalue weighted by Crippen LogP contribution is 2.20. The average molecular weight is 316 g/mol. The maximum atomic E-state index is 12.0. The van der Waals surface area contributed by atoms with Gasteiger partial charge in [0.15, 0.2) is 0 Å². The van der Waals surface area contributed by atoms with Crippen LogP contribution in [0, 0.1) is 3.57 Å². The van der Waals surface area contributed by atoms with Gasteiger partial charge in [0.25, 0.3) is 0 Å². The molecule has 4 heteroatoms. The van der Waals surface area contributed by atoms with E-state index in [1.54, 1.807) is 0 Å². The van der Waals surface area contributed by atoms with Crippen LogP contribution in [0.4, 0.5) is 4.39 Å². The summed E-state index contributed by atoms with van der Waals surface area (Å²) < 4.78 is 13.1. The van der Waals surface area contributed by atoms with Gasteiger partial charge < -0.3 is 5.73 Å². The summed E-state index contributed by atoms with van der Waals surface area (Å²) in [6.45, 7) is -0.355. The van der Waals surface area contributed by atoms with E-state index >= 15 is 0 Å². The first-order valence-electron chi connectivity index (χ1n) is 3.81. The summed E-state index contributed by atoms with van der Waals surface area (Å²) in [4.78, 5) is 0. The van der Waals surface area contributed by atoms with Gasteiger partial charge in [-0.2, -0.15) is 0 Å². The number of alkyl halides is 1. The molecule has 0 aliphatic carbocycles. The Labute approximate surface area is 97.4 Å². The zero-order valence-corrected chi connectivity index (χ0v) is 10.0. The summed E-state index contributed by atoms with van der Waals surface area (Å²) in [7, 11) is 0. The number of hydrogen-bond donors (Lipinski definition) is 1.